The first-order valence-electron chi connectivity index (χ1n) is 4.64. The standard InChI is InChI=1S/C9H16BrNO2.ClH/c1-13-8(12)9(4-2-6-10)5-3-7-11-9;/h11H,2-7H2,1H3;1H. The van der Waals surface area contributed by atoms with Gasteiger partial charge in [0.1, 0.15) is 5.54 Å². The molecule has 0 aromatic carbocycles. The van der Waals surface area contributed by atoms with Crippen LogP contribution in [0.15, 0.2) is 0 Å². The second-order valence-corrected chi connectivity index (χ2v) is 4.19. The minimum atomic E-state index is -0.386. The average Bonchev–Trinajstić information content (AvgIpc) is 2.63. The van der Waals surface area contributed by atoms with Gasteiger partial charge in [-0.1, -0.05) is 15.9 Å². The Bertz CT molecular complexity index is 184. The molecule has 0 saturated carbocycles. The van der Waals surface area contributed by atoms with Crippen LogP contribution in [0.4, 0.5) is 0 Å². The van der Waals surface area contributed by atoms with E-state index in [0.717, 1.165) is 37.6 Å². The molecule has 0 aliphatic carbocycles. The quantitative estimate of drug-likeness (QED) is 0.633. The van der Waals surface area contributed by atoms with Crippen LogP contribution >= 0.6 is 28.3 Å². The number of esters is 1. The SMILES string of the molecule is COC(=O)C1(CCCBr)CCCN1.Cl. The van der Waals surface area contributed by atoms with Gasteiger partial charge in [-0.25, -0.2) is 0 Å². The van der Waals surface area contributed by atoms with Crippen molar-refractivity contribution in [2.24, 2.45) is 0 Å². The van der Waals surface area contributed by atoms with E-state index in [1.165, 1.54) is 7.11 Å². The number of nitrogens with one attached hydrogen (secondary N) is 1. The highest BCUT2D eigenvalue weighted by molar-refractivity contribution is 9.09. The van der Waals surface area contributed by atoms with E-state index in [0.29, 0.717) is 0 Å². The second kappa shape index (κ2) is 6.64. The molecule has 3 nitrogen and oxygen atoms in total. The molecule has 1 N–H and O–H groups in total. The van der Waals surface area contributed by atoms with Crippen molar-refractivity contribution >= 4 is 34.3 Å². The van der Waals surface area contributed by atoms with Crippen molar-refractivity contribution in [3.63, 3.8) is 0 Å². The highest BCUT2D eigenvalue weighted by Crippen LogP contribution is 2.26. The van der Waals surface area contributed by atoms with Crippen LogP contribution in [0.3, 0.4) is 0 Å². The molecule has 1 aliphatic heterocycles. The van der Waals surface area contributed by atoms with Crippen molar-refractivity contribution in [3.8, 4) is 0 Å². The molecule has 1 unspecified atom stereocenters. The number of hydrogen-bond donors (Lipinski definition) is 1. The summed E-state index contributed by atoms with van der Waals surface area (Å²) in [6.45, 7) is 0.928. The minimum Gasteiger partial charge on any atom is -0.468 e. The molecule has 0 aromatic rings. The van der Waals surface area contributed by atoms with Crippen molar-refractivity contribution in [2.75, 3.05) is 19.0 Å². The summed E-state index contributed by atoms with van der Waals surface area (Å²) in [6.07, 6.45) is 3.84. The Hall–Kier alpha value is 0.200. The molecule has 1 aliphatic rings. The van der Waals surface area contributed by atoms with E-state index >= 15 is 0 Å². The van der Waals surface area contributed by atoms with Crippen LogP contribution < -0.4 is 5.32 Å². The number of ether oxygens (including phenoxy) is 1. The Morgan fingerprint density at radius 1 is 1.64 bits per heavy atom. The number of halogens is 2. The Labute approximate surface area is 99.5 Å². The summed E-state index contributed by atoms with van der Waals surface area (Å²) < 4.78 is 4.82. The molecule has 14 heavy (non-hydrogen) atoms. The third kappa shape index (κ3) is 3.11. The van der Waals surface area contributed by atoms with E-state index in [4.69, 9.17) is 4.74 Å². The zero-order valence-corrected chi connectivity index (χ0v) is 10.7. The summed E-state index contributed by atoms with van der Waals surface area (Å²) in [6, 6.07) is 0. The highest BCUT2D eigenvalue weighted by Gasteiger charge is 2.41. The van der Waals surface area contributed by atoms with Crippen LogP contribution in [0.5, 0.6) is 0 Å². The van der Waals surface area contributed by atoms with E-state index in [-0.39, 0.29) is 23.9 Å². The van der Waals surface area contributed by atoms with Crippen molar-refractivity contribution in [1.29, 1.82) is 0 Å². The predicted octanol–water partition coefficient (Wildman–Crippen LogP) is 1.88. The zero-order chi connectivity index (χ0) is 9.73. The second-order valence-electron chi connectivity index (χ2n) is 3.40. The molecule has 0 amide bonds. The molecule has 5 heteroatoms. The fourth-order valence-electron chi connectivity index (χ4n) is 1.86. The van der Waals surface area contributed by atoms with Gasteiger partial charge in [-0.05, 0) is 32.2 Å². The van der Waals surface area contributed by atoms with E-state index in [9.17, 15) is 4.79 Å². The molecule has 1 atom stereocenters. The Kier molecular flexibility index (Phi) is 6.74. The molecule has 1 saturated heterocycles. The number of carbonyl (C=O) groups excluding carboxylic acids is 1. The van der Waals surface area contributed by atoms with Gasteiger partial charge >= 0.3 is 5.97 Å². The van der Waals surface area contributed by atoms with Crippen molar-refractivity contribution in [1.82, 2.24) is 5.32 Å². The van der Waals surface area contributed by atoms with Crippen LogP contribution in [-0.2, 0) is 9.53 Å². The molecule has 0 spiro atoms. The van der Waals surface area contributed by atoms with Gasteiger partial charge in [0.05, 0.1) is 7.11 Å². The molecule has 0 bridgehead atoms. The number of alkyl halides is 1. The molecule has 0 aromatic heterocycles. The van der Waals surface area contributed by atoms with Gasteiger partial charge in [0.15, 0.2) is 0 Å². The van der Waals surface area contributed by atoms with Gasteiger partial charge in [-0.3, -0.25) is 4.79 Å². The maximum Gasteiger partial charge on any atom is 0.326 e. The van der Waals surface area contributed by atoms with Crippen LogP contribution in [0, 0.1) is 0 Å². The van der Waals surface area contributed by atoms with Gasteiger partial charge < -0.3 is 10.1 Å². The maximum absolute atomic E-state index is 11.5. The zero-order valence-electron chi connectivity index (χ0n) is 8.35. The van der Waals surface area contributed by atoms with E-state index in [2.05, 4.69) is 21.2 Å². The number of carbonyl (C=O) groups is 1. The fourth-order valence-corrected chi connectivity index (χ4v) is 2.14. The van der Waals surface area contributed by atoms with E-state index in [1.807, 2.05) is 0 Å². The van der Waals surface area contributed by atoms with E-state index < -0.39 is 0 Å². The fraction of sp³-hybridized carbons (Fsp3) is 0.889. The largest absolute Gasteiger partial charge is 0.468 e. The van der Waals surface area contributed by atoms with Gasteiger partial charge in [-0.15, -0.1) is 12.4 Å². The number of rotatable bonds is 4. The maximum atomic E-state index is 11.5. The van der Waals surface area contributed by atoms with Crippen molar-refractivity contribution in [2.45, 2.75) is 31.2 Å². The Balaban J connectivity index is 0.00000169. The smallest absolute Gasteiger partial charge is 0.326 e. The van der Waals surface area contributed by atoms with Crippen molar-refractivity contribution < 1.29 is 9.53 Å². The summed E-state index contributed by atoms with van der Waals surface area (Å²) in [5, 5.41) is 4.20. The molecule has 84 valence electrons. The average molecular weight is 287 g/mol. The lowest BCUT2D eigenvalue weighted by Crippen LogP contribution is -2.48. The Morgan fingerprint density at radius 2 is 2.36 bits per heavy atom. The summed E-state index contributed by atoms with van der Waals surface area (Å²) >= 11 is 3.37. The third-order valence-corrected chi connectivity index (χ3v) is 3.12. The van der Waals surface area contributed by atoms with Gasteiger partial charge in [0, 0.05) is 5.33 Å². The molecule has 1 heterocycles. The van der Waals surface area contributed by atoms with E-state index in [1.54, 1.807) is 0 Å². The molecular formula is C9H17BrClNO2. The lowest BCUT2D eigenvalue weighted by Gasteiger charge is -2.25. The predicted molar refractivity (Wildman–Crippen MR) is 62.3 cm³/mol. The van der Waals surface area contributed by atoms with Gasteiger partial charge in [0.2, 0.25) is 0 Å². The summed E-state index contributed by atoms with van der Waals surface area (Å²) in [5.41, 5.74) is -0.386. The normalized spacial score (nSPS) is 25.6. The molecule has 1 rings (SSSR count). The van der Waals surface area contributed by atoms with Crippen molar-refractivity contribution in [3.05, 3.63) is 0 Å². The lowest BCUT2D eigenvalue weighted by molar-refractivity contribution is -0.148. The first kappa shape index (κ1) is 14.2. The molecular weight excluding hydrogens is 269 g/mol. The summed E-state index contributed by atoms with van der Waals surface area (Å²) in [5.74, 6) is -0.106. The van der Waals surface area contributed by atoms with Gasteiger partial charge in [-0.2, -0.15) is 0 Å². The summed E-state index contributed by atoms with van der Waals surface area (Å²) in [4.78, 5) is 11.5. The third-order valence-electron chi connectivity index (χ3n) is 2.56. The first-order chi connectivity index (χ1) is 6.25. The minimum absolute atomic E-state index is 0. The molecule has 0 radical (unpaired) electrons. The Morgan fingerprint density at radius 3 is 2.79 bits per heavy atom. The van der Waals surface area contributed by atoms with Crippen LogP contribution in [0.25, 0.3) is 0 Å². The molecule has 1 fully saturated rings. The number of hydrogen-bond acceptors (Lipinski definition) is 3. The topological polar surface area (TPSA) is 38.3 Å². The van der Waals surface area contributed by atoms with Crippen LogP contribution in [0.2, 0.25) is 0 Å². The monoisotopic (exact) mass is 285 g/mol. The van der Waals surface area contributed by atoms with Crippen LogP contribution in [0.1, 0.15) is 25.7 Å². The van der Waals surface area contributed by atoms with Crippen LogP contribution in [-0.4, -0.2) is 30.5 Å². The lowest BCUT2D eigenvalue weighted by atomic mass is 9.92. The van der Waals surface area contributed by atoms with Gasteiger partial charge in [0.25, 0.3) is 0 Å². The summed E-state index contributed by atoms with van der Waals surface area (Å²) in [7, 11) is 1.46. The first-order valence-corrected chi connectivity index (χ1v) is 5.77. The highest BCUT2D eigenvalue weighted by atomic mass is 79.9. The number of methoxy groups -OCH3 is 1.